The quantitative estimate of drug-likeness (QED) is 0.860. The SMILES string of the molecule is CCCN(CC1CCCCN1)C(=O)N1CCC(C)CC1. The Morgan fingerprint density at radius 2 is 2.00 bits per heavy atom. The van der Waals surface area contributed by atoms with Crippen LogP contribution in [-0.4, -0.2) is 54.6 Å². The van der Waals surface area contributed by atoms with Crippen molar-refractivity contribution < 1.29 is 4.79 Å². The van der Waals surface area contributed by atoms with E-state index in [0.717, 1.165) is 57.9 Å². The largest absolute Gasteiger partial charge is 0.325 e. The number of nitrogens with zero attached hydrogens (tertiary/aromatic N) is 2. The molecule has 2 heterocycles. The molecule has 0 bridgehead atoms. The smallest absolute Gasteiger partial charge is 0.320 e. The molecule has 20 heavy (non-hydrogen) atoms. The molecule has 4 nitrogen and oxygen atoms in total. The summed E-state index contributed by atoms with van der Waals surface area (Å²) in [7, 11) is 0. The first kappa shape index (κ1) is 15.6. The molecule has 2 aliphatic rings. The van der Waals surface area contributed by atoms with E-state index < -0.39 is 0 Å². The molecule has 0 aromatic carbocycles. The van der Waals surface area contributed by atoms with Crippen LogP contribution in [0.4, 0.5) is 4.79 Å². The highest BCUT2D eigenvalue weighted by atomic mass is 16.2. The molecule has 0 aliphatic carbocycles. The van der Waals surface area contributed by atoms with Gasteiger partial charge < -0.3 is 15.1 Å². The minimum atomic E-state index is 0.270. The number of piperidine rings is 2. The van der Waals surface area contributed by atoms with E-state index in [1.165, 1.54) is 19.3 Å². The normalized spacial score (nSPS) is 24.7. The highest BCUT2D eigenvalue weighted by molar-refractivity contribution is 5.74. The molecule has 2 fully saturated rings. The number of carbonyl (C=O) groups excluding carboxylic acids is 1. The van der Waals surface area contributed by atoms with Crippen molar-refractivity contribution in [3.63, 3.8) is 0 Å². The number of carbonyl (C=O) groups is 1. The van der Waals surface area contributed by atoms with E-state index in [4.69, 9.17) is 0 Å². The van der Waals surface area contributed by atoms with Crippen molar-refractivity contribution in [3.05, 3.63) is 0 Å². The number of amides is 2. The third-order valence-electron chi connectivity index (χ3n) is 4.67. The van der Waals surface area contributed by atoms with Crippen LogP contribution in [0.1, 0.15) is 52.4 Å². The standard InChI is InChI=1S/C16H31N3O/c1-3-10-19(13-15-6-4-5-9-17-15)16(20)18-11-7-14(2)8-12-18/h14-15,17H,3-13H2,1-2H3. The Morgan fingerprint density at radius 3 is 2.60 bits per heavy atom. The molecule has 0 radical (unpaired) electrons. The summed E-state index contributed by atoms with van der Waals surface area (Å²) in [6, 6.07) is 0.772. The van der Waals surface area contributed by atoms with Gasteiger partial charge >= 0.3 is 6.03 Å². The van der Waals surface area contributed by atoms with Crippen LogP contribution in [0.5, 0.6) is 0 Å². The first-order valence-corrected chi connectivity index (χ1v) is 8.48. The van der Waals surface area contributed by atoms with Crippen LogP contribution < -0.4 is 5.32 Å². The van der Waals surface area contributed by atoms with E-state index in [1.807, 2.05) is 0 Å². The topological polar surface area (TPSA) is 35.6 Å². The van der Waals surface area contributed by atoms with E-state index in [-0.39, 0.29) is 6.03 Å². The molecule has 1 N–H and O–H groups in total. The minimum absolute atomic E-state index is 0.270. The van der Waals surface area contributed by atoms with Crippen LogP contribution in [0.3, 0.4) is 0 Å². The van der Waals surface area contributed by atoms with E-state index in [2.05, 4.69) is 29.0 Å². The van der Waals surface area contributed by atoms with Crippen LogP contribution in [0.15, 0.2) is 0 Å². The molecular weight excluding hydrogens is 250 g/mol. The van der Waals surface area contributed by atoms with Crippen molar-refractivity contribution >= 4 is 6.03 Å². The number of urea groups is 1. The van der Waals surface area contributed by atoms with Crippen molar-refractivity contribution in [2.24, 2.45) is 5.92 Å². The first-order valence-electron chi connectivity index (χ1n) is 8.48. The summed E-state index contributed by atoms with van der Waals surface area (Å²) in [4.78, 5) is 16.8. The van der Waals surface area contributed by atoms with Crippen molar-refractivity contribution in [2.45, 2.75) is 58.4 Å². The Morgan fingerprint density at radius 1 is 1.25 bits per heavy atom. The Balaban J connectivity index is 1.87. The molecular formula is C16H31N3O. The van der Waals surface area contributed by atoms with Gasteiger partial charge in [0.1, 0.15) is 0 Å². The molecule has 2 rings (SSSR count). The third kappa shape index (κ3) is 4.37. The van der Waals surface area contributed by atoms with Crippen molar-refractivity contribution in [3.8, 4) is 0 Å². The third-order valence-corrected chi connectivity index (χ3v) is 4.67. The highest BCUT2D eigenvalue weighted by Crippen LogP contribution is 2.18. The molecule has 2 amide bonds. The number of hydrogen-bond acceptors (Lipinski definition) is 2. The lowest BCUT2D eigenvalue weighted by Gasteiger charge is -2.37. The van der Waals surface area contributed by atoms with Crippen molar-refractivity contribution in [1.82, 2.24) is 15.1 Å². The van der Waals surface area contributed by atoms with Gasteiger partial charge in [0.05, 0.1) is 0 Å². The minimum Gasteiger partial charge on any atom is -0.325 e. The van der Waals surface area contributed by atoms with Gasteiger partial charge in [-0.25, -0.2) is 4.79 Å². The number of rotatable bonds is 4. The maximum Gasteiger partial charge on any atom is 0.320 e. The summed E-state index contributed by atoms with van der Waals surface area (Å²) in [6.45, 7) is 9.23. The van der Waals surface area contributed by atoms with Gasteiger partial charge in [-0.15, -0.1) is 0 Å². The zero-order chi connectivity index (χ0) is 14.4. The molecule has 2 aliphatic heterocycles. The van der Waals surface area contributed by atoms with E-state index in [9.17, 15) is 4.79 Å². The summed E-state index contributed by atoms with van der Waals surface area (Å²) in [5, 5.41) is 3.56. The number of hydrogen-bond donors (Lipinski definition) is 1. The number of likely N-dealkylation sites (tertiary alicyclic amines) is 1. The highest BCUT2D eigenvalue weighted by Gasteiger charge is 2.26. The fourth-order valence-corrected chi connectivity index (χ4v) is 3.28. The molecule has 0 saturated carbocycles. The zero-order valence-corrected chi connectivity index (χ0v) is 13.2. The van der Waals surface area contributed by atoms with Crippen LogP contribution in [0, 0.1) is 5.92 Å². The molecule has 2 saturated heterocycles. The summed E-state index contributed by atoms with van der Waals surface area (Å²) in [5.74, 6) is 0.777. The monoisotopic (exact) mass is 281 g/mol. The number of nitrogens with one attached hydrogen (secondary N) is 1. The second kappa shape index (κ2) is 7.87. The Kier molecular flexibility index (Phi) is 6.14. The van der Waals surface area contributed by atoms with Gasteiger partial charge in [0.2, 0.25) is 0 Å². The van der Waals surface area contributed by atoms with Gasteiger partial charge in [-0.05, 0) is 44.6 Å². The van der Waals surface area contributed by atoms with Gasteiger partial charge in [0.25, 0.3) is 0 Å². The predicted molar refractivity (Wildman–Crippen MR) is 82.9 cm³/mol. The fraction of sp³-hybridized carbons (Fsp3) is 0.938. The summed E-state index contributed by atoms with van der Waals surface area (Å²) in [6.07, 6.45) is 7.16. The lowest BCUT2D eigenvalue weighted by atomic mass is 9.99. The van der Waals surface area contributed by atoms with Crippen molar-refractivity contribution in [2.75, 3.05) is 32.7 Å². The fourth-order valence-electron chi connectivity index (χ4n) is 3.28. The molecule has 0 aromatic heterocycles. The molecule has 1 unspecified atom stereocenters. The Hall–Kier alpha value is -0.770. The second-order valence-electron chi connectivity index (χ2n) is 6.54. The lowest BCUT2D eigenvalue weighted by molar-refractivity contribution is 0.128. The molecule has 116 valence electrons. The average Bonchev–Trinajstić information content (AvgIpc) is 2.48. The van der Waals surface area contributed by atoms with Crippen LogP contribution in [0.2, 0.25) is 0 Å². The Bertz CT molecular complexity index is 294. The average molecular weight is 281 g/mol. The molecule has 1 atom stereocenters. The van der Waals surface area contributed by atoms with Crippen LogP contribution in [0.25, 0.3) is 0 Å². The molecule has 4 heteroatoms. The second-order valence-corrected chi connectivity index (χ2v) is 6.54. The molecule has 0 spiro atoms. The van der Waals surface area contributed by atoms with Gasteiger partial charge in [-0.2, -0.15) is 0 Å². The van der Waals surface area contributed by atoms with Gasteiger partial charge in [-0.1, -0.05) is 20.3 Å². The summed E-state index contributed by atoms with van der Waals surface area (Å²) in [5.41, 5.74) is 0. The van der Waals surface area contributed by atoms with Crippen LogP contribution in [-0.2, 0) is 0 Å². The first-order chi connectivity index (χ1) is 9.70. The van der Waals surface area contributed by atoms with Gasteiger partial charge in [0, 0.05) is 32.2 Å². The van der Waals surface area contributed by atoms with E-state index >= 15 is 0 Å². The van der Waals surface area contributed by atoms with E-state index in [0.29, 0.717) is 6.04 Å². The summed E-state index contributed by atoms with van der Waals surface area (Å²) >= 11 is 0. The maximum absolute atomic E-state index is 12.7. The molecule has 0 aromatic rings. The zero-order valence-electron chi connectivity index (χ0n) is 13.2. The Labute approximate surface area is 123 Å². The predicted octanol–water partition coefficient (Wildman–Crippen LogP) is 2.69. The van der Waals surface area contributed by atoms with Gasteiger partial charge in [0.15, 0.2) is 0 Å². The lowest BCUT2D eigenvalue weighted by Crippen LogP contribution is -2.51. The van der Waals surface area contributed by atoms with Crippen LogP contribution >= 0.6 is 0 Å². The summed E-state index contributed by atoms with van der Waals surface area (Å²) < 4.78 is 0. The van der Waals surface area contributed by atoms with E-state index in [1.54, 1.807) is 0 Å². The van der Waals surface area contributed by atoms with Crippen molar-refractivity contribution in [1.29, 1.82) is 0 Å². The maximum atomic E-state index is 12.7. The van der Waals surface area contributed by atoms with Gasteiger partial charge in [-0.3, -0.25) is 0 Å².